The number of para-hydroxylation sites is 2. The van der Waals surface area contributed by atoms with Crippen LogP contribution in [0.15, 0.2) is 62.8 Å². The Morgan fingerprint density at radius 3 is 2.29 bits per heavy atom. The fourth-order valence-corrected chi connectivity index (χ4v) is 4.21. The van der Waals surface area contributed by atoms with E-state index in [9.17, 15) is 9.59 Å². The second kappa shape index (κ2) is 7.52. The Hall–Kier alpha value is -3.06. The topological polar surface area (TPSA) is 72.6 Å². The molecule has 6 nitrogen and oxygen atoms in total. The first-order valence-corrected chi connectivity index (χ1v) is 9.73. The molecule has 1 aromatic heterocycles. The van der Waals surface area contributed by atoms with E-state index in [1.165, 1.54) is 0 Å². The van der Waals surface area contributed by atoms with E-state index in [1.807, 2.05) is 55.5 Å². The van der Waals surface area contributed by atoms with Crippen molar-refractivity contribution in [2.45, 2.75) is 30.1 Å². The highest BCUT2D eigenvalue weighted by Crippen LogP contribution is 2.47. The molecule has 3 aromatic rings. The van der Waals surface area contributed by atoms with Gasteiger partial charge in [0, 0.05) is 16.2 Å². The smallest absolute Gasteiger partial charge is 0.344 e. The van der Waals surface area contributed by atoms with Crippen LogP contribution in [0.5, 0.6) is 0 Å². The Bertz CT molecular complexity index is 1010. The third-order valence-corrected chi connectivity index (χ3v) is 5.60. The Kier molecular flexibility index (Phi) is 4.92. The Morgan fingerprint density at radius 2 is 1.68 bits per heavy atom. The number of aryl methyl sites for hydroxylation is 2. The van der Waals surface area contributed by atoms with Crippen molar-refractivity contribution >= 4 is 35.0 Å². The maximum Gasteiger partial charge on any atom is 0.344 e. The molecule has 0 bridgehead atoms. The predicted octanol–water partition coefficient (Wildman–Crippen LogP) is 4.53. The van der Waals surface area contributed by atoms with Crippen molar-refractivity contribution in [3.8, 4) is 0 Å². The van der Waals surface area contributed by atoms with Crippen molar-refractivity contribution in [1.29, 1.82) is 0 Å². The zero-order valence-electron chi connectivity index (χ0n) is 15.5. The number of fused-ring (bicyclic) bond motifs is 2. The molecule has 2 heterocycles. The highest BCUT2D eigenvalue weighted by atomic mass is 32.2. The molecule has 0 unspecified atom stereocenters. The van der Waals surface area contributed by atoms with E-state index in [-0.39, 0.29) is 12.5 Å². The molecular formula is C21H18N2O4S. The monoisotopic (exact) mass is 394 g/mol. The number of nitrogens with zero attached hydrogens (tertiary/aromatic N) is 2. The summed E-state index contributed by atoms with van der Waals surface area (Å²) in [5.41, 5.74) is 2.31. The van der Waals surface area contributed by atoms with E-state index in [0.29, 0.717) is 23.4 Å². The summed E-state index contributed by atoms with van der Waals surface area (Å²) in [6, 6.07) is 15.3. The molecule has 0 atom stereocenters. The number of anilines is 2. The molecule has 2 aromatic carbocycles. The molecule has 0 N–H and O–H groups in total. The van der Waals surface area contributed by atoms with Gasteiger partial charge in [-0.3, -0.25) is 9.69 Å². The van der Waals surface area contributed by atoms with Gasteiger partial charge in [-0.25, -0.2) is 4.79 Å². The Morgan fingerprint density at radius 1 is 1.07 bits per heavy atom. The third-order valence-electron chi connectivity index (χ3n) is 4.47. The van der Waals surface area contributed by atoms with Gasteiger partial charge in [0.15, 0.2) is 12.4 Å². The van der Waals surface area contributed by atoms with Crippen LogP contribution in [-0.2, 0) is 16.0 Å². The van der Waals surface area contributed by atoms with Crippen molar-refractivity contribution in [3.05, 3.63) is 65.5 Å². The summed E-state index contributed by atoms with van der Waals surface area (Å²) >= 11 is 1.61. The van der Waals surface area contributed by atoms with Gasteiger partial charge in [0.05, 0.1) is 17.1 Å². The lowest BCUT2D eigenvalue weighted by Crippen LogP contribution is -2.32. The van der Waals surface area contributed by atoms with E-state index in [1.54, 1.807) is 23.6 Å². The van der Waals surface area contributed by atoms with Crippen molar-refractivity contribution < 1.29 is 18.8 Å². The van der Waals surface area contributed by atoms with Crippen molar-refractivity contribution in [2.24, 2.45) is 0 Å². The fraction of sp³-hybridized carbons (Fsp3) is 0.190. The van der Waals surface area contributed by atoms with Crippen LogP contribution in [0.1, 0.15) is 28.7 Å². The van der Waals surface area contributed by atoms with Crippen LogP contribution in [0.2, 0.25) is 0 Å². The molecule has 0 saturated heterocycles. The minimum absolute atomic E-state index is 0.297. The zero-order valence-corrected chi connectivity index (χ0v) is 16.3. The van der Waals surface area contributed by atoms with Gasteiger partial charge in [-0.2, -0.15) is 0 Å². The number of amides is 1. The first-order valence-electron chi connectivity index (χ1n) is 8.91. The molecule has 0 saturated carbocycles. The second-order valence-electron chi connectivity index (χ2n) is 6.26. The van der Waals surface area contributed by atoms with E-state index < -0.39 is 5.97 Å². The van der Waals surface area contributed by atoms with E-state index >= 15 is 0 Å². The van der Waals surface area contributed by atoms with Crippen LogP contribution in [0, 0.1) is 6.92 Å². The quantitative estimate of drug-likeness (QED) is 0.605. The Labute approximate surface area is 166 Å². The summed E-state index contributed by atoms with van der Waals surface area (Å²) in [5.74, 6) is -0.461. The van der Waals surface area contributed by atoms with Crippen LogP contribution in [-0.4, -0.2) is 23.6 Å². The van der Waals surface area contributed by atoms with Crippen LogP contribution in [0.3, 0.4) is 0 Å². The van der Waals surface area contributed by atoms with Crippen LogP contribution >= 0.6 is 11.8 Å². The van der Waals surface area contributed by atoms with Gasteiger partial charge in [-0.05, 0) is 31.2 Å². The first kappa shape index (κ1) is 18.3. The summed E-state index contributed by atoms with van der Waals surface area (Å²) in [4.78, 5) is 29.1. The summed E-state index contributed by atoms with van der Waals surface area (Å²) < 4.78 is 10.5. The molecule has 7 heteroatoms. The number of benzene rings is 2. The van der Waals surface area contributed by atoms with Gasteiger partial charge in [0.2, 0.25) is 0 Å². The van der Waals surface area contributed by atoms with Crippen LogP contribution in [0.25, 0.3) is 0 Å². The largest absolute Gasteiger partial charge is 0.452 e. The summed E-state index contributed by atoms with van der Waals surface area (Å²) in [6.07, 6.45) is 0.517. The lowest BCUT2D eigenvalue weighted by atomic mass is 10.1. The van der Waals surface area contributed by atoms with Gasteiger partial charge >= 0.3 is 5.97 Å². The lowest BCUT2D eigenvalue weighted by molar-refractivity contribution is -0.121. The molecule has 1 amide bonds. The maximum absolute atomic E-state index is 13.0. The van der Waals surface area contributed by atoms with Gasteiger partial charge in [0.25, 0.3) is 5.91 Å². The van der Waals surface area contributed by atoms with Gasteiger partial charge in [-0.15, -0.1) is 0 Å². The van der Waals surface area contributed by atoms with Crippen molar-refractivity contribution in [2.75, 3.05) is 11.5 Å². The Balaban J connectivity index is 1.59. The standard InChI is InChI=1S/C21H18N2O4S/c1-3-16-20(13(2)22-27-16)21(25)26-12-19(24)23-14-8-4-6-10-17(14)28-18-11-7-5-9-15(18)23/h4-11H,3,12H2,1-2H3. The maximum atomic E-state index is 13.0. The van der Waals surface area contributed by atoms with Crippen LogP contribution < -0.4 is 4.90 Å². The van der Waals surface area contributed by atoms with Crippen LogP contribution in [0.4, 0.5) is 11.4 Å². The molecule has 0 fully saturated rings. The molecule has 142 valence electrons. The number of carbonyl (C=O) groups excluding carboxylic acids is 2. The predicted molar refractivity (Wildman–Crippen MR) is 105 cm³/mol. The van der Waals surface area contributed by atoms with Crippen molar-refractivity contribution in [3.63, 3.8) is 0 Å². The molecule has 1 aliphatic heterocycles. The van der Waals surface area contributed by atoms with E-state index in [2.05, 4.69) is 5.16 Å². The highest BCUT2D eigenvalue weighted by Gasteiger charge is 2.29. The molecule has 28 heavy (non-hydrogen) atoms. The fourth-order valence-electron chi connectivity index (χ4n) is 3.16. The zero-order chi connectivity index (χ0) is 19.7. The number of carbonyl (C=O) groups is 2. The number of ether oxygens (including phenoxy) is 1. The SMILES string of the molecule is CCc1onc(C)c1C(=O)OCC(=O)N1c2ccccc2Sc2ccccc21. The minimum atomic E-state index is -0.600. The molecule has 0 spiro atoms. The van der Waals surface area contributed by atoms with Gasteiger partial charge in [-0.1, -0.05) is 48.1 Å². The second-order valence-corrected chi connectivity index (χ2v) is 7.35. The number of esters is 1. The summed E-state index contributed by atoms with van der Waals surface area (Å²) in [6.45, 7) is 3.16. The summed E-state index contributed by atoms with van der Waals surface area (Å²) in [7, 11) is 0. The number of rotatable bonds is 4. The average Bonchev–Trinajstić information content (AvgIpc) is 3.10. The normalized spacial score (nSPS) is 12.3. The first-order chi connectivity index (χ1) is 13.6. The molecule has 0 radical (unpaired) electrons. The van der Waals surface area contributed by atoms with Crippen molar-refractivity contribution in [1.82, 2.24) is 5.16 Å². The number of aromatic nitrogens is 1. The molecule has 0 aliphatic carbocycles. The van der Waals surface area contributed by atoms with E-state index in [4.69, 9.17) is 9.26 Å². The lowest BCUT2D eigenvalue weighted by Gasteiger charge is -2.30. The average molecular weight is 394 g/mol. The molecule has 1 aliphatic rings. The molecule has 4 rings (SSSR count). The summed E-state index contributed by atoms with van der Waals surface area (Å²) in [5, 5.41) is 3.81. The third kappa shape index (κ3) is 3.18. The minimum Gasteiger partial charge on any atom is -0.452 e. The van der Waals surface area contributed by atoms with Gasteiger partial charge < -0.3 is 9.26 Å². The van der Waals surface area contributed by atoms with Gasteiger partial charge in [0.1, 0.15) is 5.56 Å². The highest BCUT2D eigenvalue weighted by molar-refractivity contribution is 7.99. The molecular weight excluding hydrogens is 376 g/mol. The number of hydrogen-bond donors (Lipinski definition) is 0. The van der Waals surface area contributed by atoms with E-state index in [0.717, 1.165) is 21.2 Å². The number of hydrogen-bond acceptors (Lipinski definition) is 6.